The molecule has 22 heavy (non-hydrogen) atoms. The van der Waals surface area contributed by atoms with Crippen LogP contribution in [-0.4, -0.2) is 19.7 Å². The summed E-state index contributed by atoms with van der Waals surface area (Å²) in [7, 11) is 1.94. The number of hydrogen-bond acceptors (Lipinski definition) is 2. The van der Waals surface area contributed by atoms with Gasteiger partial charge in [0.1, 0.15) is 11.9 Å². The lowest BCUT2D eigenvalue weighted by atomic mass is 9.95. The lowest BCUT2D eigenvalue weighted by Crippen LogP contribution is -2.32. The van der Waals surface area contributed by atoms with Gasteiger partial charge in [-0.2, -0.15) is 0 Å². The van der Waals surface area contributed by atoms with Crippen LogP contribution in [0.3, 0.4) is 0 Å². The summed E-state index contributed by atoms with van der Waals surface area (Å²) in [6.07, 6.45) is 2.25. The van der Waals surface area contributed by atoms with Gasteiger partial charge in [0.2, 0.25) is 0 Å². The molecule has 1 atom stereocenters. The van der Waals surface area contributed by atoms with Crippen molar-refractivity contribution in [1.29, 1.82) is 0 Å². The number of hydrogen-bond donors (Lipinski definition) is 1. The molecule has 0 unspecified atom stereocenters. The SMILES string of the molecule is CNC[C@H]1CCc2cccc(-c3cc(Cl)ccc3Cl)c2O1.Cl. The zero-order valence-electron chi connectivity index (χ0n) is 12.2. The van der Waals surface area contributed by atoms with Gasteiger partial charge in [-0.15, -0.1) is 12.4 Å². The van der Waals surface area contributed by atoms with E-state index in [4.69, 9.17) is 27.9 Å². The van der Waals surface area contributed by atoms with Gasteiger partial charge in [0.05, 0.1) is 0 Å². The summed E-state index contributed by atoms with van der Waals surface area (Å²) in [5.74, 6) is 0.938. The second-order valence-electron chi connectivity index (χ2n) is 5.25. The van der Waals surface area contributed by atoms with Crippen molar-refractivity contribution in [3.8, 4) is 16.9 Å². The topological polar surface area (TPSA) is 21.3 Å². The number of likely N-dealkylation sites (N-methyl/N-ethyl adjacent to an activating group) is 1. The normalized spacial score (nSPS) is 16.4. The van der Waals surface area contributed by atoms with Crippen LogP contribution < -0.4 is 10.1 Å². The predicted octanol–water partition coefficient (Wildman–Crippen LogP) is 5.00. The molecule has 1 aliphatic heterocycles. The highest BCUT2D eigenvalue weighted by atomic mass is 35.5. The molecule has 0 aromatic heterocycles. The monoisotopic (exact) mass is 357 g/mol. The van der Waals surface area contributed by atoms with E-state index in [1.807, 2.05) is 31.3 Å². The van der Waals surface area contributed by atoms with Crippen molar-refractivity contribution in [3.05, 3.63) is 52.0 Å². The maximum absolute atomic E-state index is 6.34. The molecule has 0 amide bonds. The molecular weight excluding hydrogens is 341 g/mol. The van der Waals surface area contributed by atoms with E-state index in [9.17, 15) is 0 Å². The molecule has 118 valence electrons. The van der Waals surface area contributed by atoms with Crippen molar-refractivity contribution < 1.29 is 4.74 Å². The van der Waals surface area contributed by atoms with Crippen molar-refractivity contribution in [3.63, 3.8) is 0 Å². The average molecular weight is 359 g/mol. The third kappa shape index (κ3) is 3.52. The summed E-state index contributed by atoms with van der Waals surface area (Å²) in [5.41, 5.74) is 3.17. The Morgan fingerprint density at radius 1 is 1.18 bits per heavy atom. The van der Waals surface area contributed by atoms with Gasteiger partial charge >= 0.3 is 0 Å². The second kappa shape index (κ2) is 7.56. The molecule has 0 saturated carbocycles. The number of para-hydroxylation sites is 1. The molecule has 0 spiro atoms. The molecule has 3 rings (SSSR count). The Balaban J connectivity index is 0.00000176. The third-order valence-corrected chi connectivity index (χ3v) is 4.33. The van der Waals surface area contributed by atoms with Gasteiger partial charge in [-0.05, 0) is 43.7 Å². The molecule has 0 bridgehead atoms. The molecule has 0 radical (unpaired) electrons. The van der Waals surface area contributed by atoms with Gasteiger partial charge in [0.15, 0.2) is 0 Å². The van der Waals surface area contributed by atoms with Gasteiger partial charge in [0.25, 0.3) is 0 Å². The van der Waals surface area contributed by atoms with Crippen LogP contribution in [0.1, 0.15) is 12.0 Å². The fourth-order valence-corrected chi connectivity index (χ4v) is 3.14. The fraction of sp³-hybridized carbons (Fsp3) is 0.294. The fourth-order valence-electron chi connectivity index (χ4n) is 2.75. The Morgan fingerprint density at radius 2 is 2.00 bits per heavy atom. The lowest BCUT2D eigenvalue weighted by Gasteiger charge is -2.28. The van der Waals surface area contributed by atoms with Crippen molar-refractivity contribution in [2.45, 2.75) is 18.9 Å². The third-order valence-electron chi connectivity index (χ3n) is 3.77. The molecule has 0 fully saturated rings. The Kier molecular flexibility index (Phi) is 5.99. The maximum atomic E-state index is 6.34. The Labute approximate surface area is 147 Å². The highest BCUT2D eigenvalue weighted by molar-refractivity contribution is 6.35. The van der Waals surface area contributed by atoms with E-state index < -0.39 is 0 Å². The average Bonchev–Trinajstić information content (AvgIpc) is 2.49. The number of nitrogens with one attached hydrogen (secondary N) is 1. The molecule has 2 aromatic rings. The Hall–Kier alpha value is -0.930. The van der Waals surface area contributed by atoms with Crippen LogP contribution in [0, 0.1) is 0 Å². The van der Waals surface area contributed by atoms with E-state index >= 15 is 0 Å². The number of halogens is 3. The minimum absolute atomic E-state index is 0. The smallest absolute Gasteiger partial charge is 0.130 e. The molecular formula is C17H18Cl3NO. The van der Waals surface area contributed by atoms with E-state index in [0.717, 1.165) is 36.3 Å². The first-order valence-corrected chi connectivity index (χ1v) is 7.83. The van der Waals surface area contributed by atoms with E-state index in [2.05, 4.69) is 11.4 Å². The van der Waals surface area contributed by atoms with Crippen LogP contribution in [-0.2, 0) is 6.42 Å². The summed E-state index contributed by atoms with van der Waals surface area (Å²) in [6.45, 7) is 0.844. The van der Waals surface area contributed by atoms with Crippen molar-refractivity contribution in [1.82, 2.24) is 5.32 Å². The van der Waals surface area contributed by atoms with E-state index in [1.165, 1.54) is 5.56 Å². The quantitative estimate of drug-likeness (QED) is 0.834. The molecule has 1 aliphatic rings. The molecule has 2 nitrogen and oxygen atoms in total. The molecule has 1 heterocycles. The summed E-state index contributed by atoms with van der Waals surface area (Å²) in [5, 5.41) is 4.54. The first-order valence-electron chi connectivity index (χ1n) is 7.07. The van der Waals surface area contributed by atoms with E-state index in [1.54, 1.807) is 6.07 Å². The summed E-state index contributed by atoms with van der Waals surface area (Å²) in [6, 6.07) is 11.7. The summed E-state index contributed by atoms with van der Waals surface area (Å²) < 4.78 is 6.19. The standard InChI is InChI=1S/C17H17Cl2NO.ClH/c1-20-10-13-7-5-11-3-2-4-14(17(11)21-13)15-9-12(18)6-8-16(15)19;/h2-4,6,8-9,13,20H,5,7,10H2,1H3;1H/t13-;/m1./s1. The van der Waals surface area contributed by atoms with Crippen molar-refractivity contribution in [2.75, 3.05) is 13.6 Å². The van der Waals surface area contributed by atoms with Crippen LogP contribution >= 0.6 is 35.6 Å². The van der Waals surface area contributed by atoms with Gasteiger partial charge in [0, 0.05) is 27.7 Å². The first kappa shape index (κ1) is 17.4. The largest absolute Gasteiger partial charge is 0.488 e. The van der Waals surface area contributed by atoms with Gasteiger partial charge in [-0.1, -0.05) is 41.4 Å². The molecule has 2 aromatic carbocycles. The summed E-state index contributed by atoms with van der Waals surface area (Å²) >= 11 is 12.5. The zero-order chi connectivity index (χ0) is 14.8. The minimum atomic E-state index is 0. The Morgan fingerprint density at radius 3 is 2.77 bits per heavy atom. The number of benzene rings is 2. The number of rotatable bonds is 3. The highest BCUT2D eigenvalue weighted by Crippen LogP contribution is 2.41. The lowest BCUT2D eigenvalue weighted by molar-refractivity contribution is 0.174. The van der Waals surface area contributed by atoms with E-state index in [0.29, 0.717) is 10.0 Å². The van der Waals surface area contributed by atoms with Gasteiger partial charge in [-0.25, -0.2) is 0 Å². The molecule has 1 N–H and O–H groups in total. The van der Waals surface area contributed by atoms with Crippen molar-refractivity contribution in [2.24, 2.45) is 0 Å². The minimum Gasteiger partial charge on any atom is -0.488 e. The molecule has 0 aliphatic carbocycles. The van der Waals surface area contributed by atoms with E-state index in [-0.39, 0.29) is 18.5 Å². The first-order chi connectivity index (χ1) is 10.2. The number of aryl methyl sites for hydroxylation is 1. The van der Waals surface area contributed by atoms with Gasteiger partial charge < -0.3 is 10.1 Å². The van der Waals surface area contributed by atoms with Crippen LogP contribution in [0.25, 0.3) is 11.1 Å². The van der Waals surface area contributed by atoms with Gasteiger partial charge in [-0.3, -0.25) is 0 Å². The van der Waals surface area contributed by atoms with Crippen LogP contribution in [0.5, 0.6) is 5.75 Å². The number of fused-ring (bicyclic) bond motifs is 1. The van der Waals surface area contributed by atoms with Crippen molar-refractivity contribution >= 4 is 35.6 Å². The molecule has 5 heteroatoms. The second-order valence-corrected chi connectivity index (χ2v) is 6.10. The highest BCUT2D eigenvalue weighted by Gasteiger charge is 2.23. The summed E-state index contributed by atoms with van der Waals surface area (Å²) in [4.78, 5) is 0. The number of ether oxygens (including phenoxy) is 1. The predicted molar refractivity (Wildman–Crippen MR) is 95.8 cm³/mol. The maximum Gasteiger partial charge on any atom is 0.130 e. The zero-order valence-corrected chi connectivity index (χ0v) is 14.6. The van der Waals surface area contributed by atoms with Crippen LogP contribution in [0.4, 0.5) is 0 Å². The molecule has 0 saturated heterocycles. The Bertz CT molecular complexity index is 660. The van der Waals surface area contributed by atoms with Crippen LogP contribution in [0.2, 0.25) is 10.0 Å². The van der Waals surface area contributed by atoms with Crippen LogP contribution in [0.15, 0.2) is 36.4 Å².